The van der Waals surface area contributed by atoms with E-state index in [4.69, 9.17) is 0 Å². The molecule has 2 bridgehead atoms. The number of nitrogens with zero attached hydrogens (tertiary/aromatic N) is 3. The zero-order valence-corrected chi connectivity index (χ0v) is 13.0. The van der Waals surface area contributed by atoms with Crippen molar-refractivity contribution in [1.82, 2.24) is 9.97 Å². The van der Waals surface area contributed by atoms with Crippen LogP contribution in [0, 0.1) is 0 Å². The van der Waals surface area contributed by atoms with Crippen molar-refractivity contribution in [3.8, 4) is 0 Å². The van der Waals surface area contributed by atoms with E-state index in [0.717, 1.165) is 43.9 Å². The second-order valence-electron chi connectivity index (χ2n) is 6.28. The maximum absolute atomic E-state index is 12.2. The molecular formula is C16H21N3OS. The summed E-state index contributed by atoms with van der Waals surface area (Å²) in [7, 11) is -0.662. The SMILES string of the molecule is O=S1C2C=C(c3cnc(N4CCCC4)nc3)CC1CCC2. The second kappa shape index (κ2) is 5.52. The Morgan fingerprint density at radius 3 is 2.57 bits per heavy atom. The third-order valence-electron chi connectivity index (χ3n) is 4.87. The lowest BCUT2D eigenvalue weighted by atomic mass is 9.95. The van der Waals surface area contributed by atoms with Crippen LogP contribution in [0.5, 0.6) is 0 Å². The fourth-order valence-electron chi connectivity index (χ4n) is 3.68. The van der Waals surface area contributed by atoms with Crippen molar-refractivity contribution in [2.75, 3.05) is 18.0 Å². The number of fused-ring (bicyclic) bond motifs is 2. The summed E-state index contributed by atoms with van der Waals surface area (Å²) in [5.41, 5.74) is 2.42. The highest BCUT2D eigenvalue weighted by atomic mass is 32.2. The fourth-order valence-corrected chi connectivity index (χ4v) is 5.61. The maximum Gasteiger partial charge on any atom is 0.225 e. The van der Waals surface area contributed by atoms with Crippen LogP contribution >= 0.6 is 0 Å². The molecule has 0 aliphatic carbocycles. The minimum atomic E-state index is -0.662. The monoisotopic (exact) mass is 303 g/mol. The predicted molar refractivity (Wildman–Crippen MR) is 85.6 cm³/mol. The Morgan fingerprint density at radius 1 is 1.10 bits per heavy atom. The molecule has 3 aliphatic rings. The van der Waals surface area contributed by atoms with Gasteiger partial charge in [-0.15, -0.1) is 0 Å². The first-order chi connectivity index (χ1) is 10.3. The van der Waals surface area contributed by atoms with Gasteiger partial charge in [0.05, 0.1) is 5.25 Å². The molecule has 0 saturated carbocycles. The molecule has 3 unspecified atom stereocenters. The molecule has 21 heavy (non-hydrogen) atoms. The van der Waals surface area contributed by atoms with Gasteiger partial charge in [0.25, 0.3) is 0 Å². The highest BCUT2D eigenvalue weighted by molar-refractivity contribution is 7.86. The van der Waals surface area contributed by atoms with E-state index in [9.17, 15) is 4.21 Å². The highest BCUT2D eigenvalue weighted by Gasteiger charge is 2.33. The average molecular weight is 303 g/mol. The van der Waals surface area contributed by atoms with E-state index < -0.39 is 10.8 Å². The zero-order chi connectivity index (χ0) is 14.2. The van der Waals surface area contributed by atoms with Crippen LogP contribution in [0.25, 0.3) is 5.57 Å². The molecule has 0 amide bonds. The molecule has 2 saturated heterocycles. The number of rotatable bonds is 2. The van der Waals surface area contributed by atoms with E-state index in [1.807, 2.05) is 12.4 Å². The van der Waals surface area contributed by atoms with E-state index in [1.54, 1.807) is 0 Å². The van der Waals surface area contributed by atoms with E-state index in [2.05, 4.69) is 20.9 Å². The quantitative estimate of drug-likeness (QED) is 0.842. The lowest BCUT2D eigenvalue weighted by molar-refractivity contribution is 0.579. The first-order valence-corrected chi connectivity index (χ1v) is 9.26. The molecule has 3 atom stereocenters. The molecule has 4 rings (SSSR count). The summed E-state index contributed by atoms with van der Waals surface area (Å²) >= 11 is 0. The Kier molecular flexibility index (Phi) is 3.53. The van der Waals surface area contributed by atoms with Crippen LogP contribution in [0.3, 0.4) is 0 Å². The molecule has 0 N–H and O–H groups in total. The van der Waals surface area contributed by atoms with E-state index in [0.29, 0.717) is 5.25 Å². The van der Waals surface area contributed by atoms with Gasteiger partial charge in [0, 0.05) is 47.1 Å². The molecule has 0 radical (unpaired) electrons. The molecule has 112 valence electrons. The first kappa shape index (κ1) is 13.4. The topological polar surface area (TPSA) is 46.1 Å². The lowest BCUT2D eigenvalue weighted by Crippen LogP contribution is -2.33. The van der Waals surface area contributed by atoms with Crippen LogP contribution in [0.15, 0.2) is 18.5 Å². The minimum absolute atomic E-state index is 0.255. The summed E-state index contributed by atoms with van der Waals surface area (Å²) in [6, 6.07) is 0. The first-order valence-electron chi connectivity index (χ1n) is 7.99. The largest absolute Gasteiger partial charge is 0.341 e. The molecule has 1 aromatic rings. The summed E-state index contributed by atoms with van der Waals surface area (Å²) in [4.78, 5) is 11.3. The van der Waals surface area contributed by atoms with E-state index in [-0.39, 0.29) is 5.25 Å². The van der Waals surface area contributed by atoms with Crippen LogP contribution in [0.1, 0.15) is 44.1 Å². The zero-order valence-electron chi connectivity index (χ0n) is 12.2. The summed E-state index contributed by atoms with van der Waals surface area (Å²) in [5.74, 6) is 0.858. The van der Waals surface area contributed by atoms with Crippen LogP contribution in [0.2, 0.25) is 0 Å². The van der Waals surface area contributed by atoms with Gasteiger partial charge in [-0.05, 0) is 37.7 Å². The third-order valence-corrected chi connectivity index (χ3v) is 6.90. The summed E-state index contributed by atoms with van der Waals surface area (Å²) in [6.45, 7) is 2.15. The molecule has 4 heterocycles. The smallest absolute Gasteiger partial charge is 0.225 e. The van der Waals surface area contributed by atoms with Crippen molar-refractivity contribution in [2.24, 2.45) is 0 Å². The van der Waals surface area contributed by atoms with Crippen molar-refractivity contribution in [3.63, 3.8) is 0 Å². The molecule has 0 spiro atoms. The van der Waals surface area contributed by atoms with Crippen molar-refractivity contribution in [3.05, 3.63) is 24.0 Å². The predicted octanol–water partition coefficient (Wildman–Crippen LogP) is 2.53. The molecule has 4 nitrogen and oxygen atoms in total. The van der Waals surface area contributed by atoms with Gasteiger partial charge in [0.15, 0.2) is 0 Å². The molecule has 1 aromatic heterocycles. The van der Waals surface area contributed by atoms with Gasteiger partial charge in [-0.2, -0.15) is 0 Å². The van der Waals surface area contributed by atoms with Gasteiger partial charge in [0.2, 0.25) is 5.95 Å². The van der Waals surface area contributed by atoms with Crippen molar-refractivity contribution >= 4 is 22.3 Å². The average Bonchev–Trinajstić information content (AvgIpc) is 3.01. The summed E-state index contributed by atoms with van der Waals surface area (Å²) in [5, 5.41) is 0.604. The van der Waals surface area contributed by atoms with Gasteiger partial charge in [-0.3, -0.25) is 4.21 Å². The van der Waals surface area contributed by atoms with Crippen LogP contribution in [-0.4, -0.2) is 37.8 Å². The number of aromatic nitrogens is 2. The number of hydrogen-bond acceptors (Lipinski definition) is 4. The van der Waals surface area contributed by atoms with Crippen molar-refractivity contribution < 1.29 is 4.21 Å². The lowest BCUT2D eigenvalue weighted by Gasteiger charge is -2.32. The van der Waals surface area contributed by atoms with Gasteiger partial charge in [-0.25, -0.2) is 9.97 Å². The third kappa shape index (κ3) is 2.52. The van der Waals surface area contributed by atoms with Gasteiger partial charge in [0.1, 0.15) is 0 Å². The normalized spacial score (nSPS) is 32.1. The Hall–Kier alpha value is -1.23. The van der Waals surface area contributed by atoms with Gasteiger partial charge >= 0.3 is 0 Å². The molecule has 5 heteroatoms. The van der Waals surface area contributed by atoms with Gasteiger partial charge < -0.3 is 4.90 Å². The number of hydrogen-bond donors (Lipinski definition) is 0. The fraction of sp³-hybridized carbons (Fsp3) is 0.625. The van der Waals surface area contributed by atoms with Gasteiger partial charge in [-0.1, -0.05) is 12.5 Å². The van der Waals surface area contributed by atoms with Crippen molar-refractivity contribution in [1.29, 1.82) is 0 Å². The molecule has 3 aliphatic heterocycles. The molecule has 0 aromatic carbocycles. The van der Waals surface area contributed by atoms with E-state index >= 15 is 0 Å². The minimum Gasteiger partial charge on any atom is -0.341 e. The van der Waals surface area contributed by atoms with Crippen molar-refractivity contribution in [2.45, 2.75) is 49.0 Å². The second-order valence-corrected chi connectivity index (χ2v) is 8.21. The highest BCUT2D eigenvalue weighted by Crippen LogP contribution is 2.36. The number of allylic oxidation sites excluding steroid dienone is 1. The van der Waals surface area contributed by atoms with Crippen LogP contribution < -0.4 is 4.90 Å². The van der Waals surface area contributed by atoms with Crippen LogP contribution in [0.4, 0.5) is 5.95 Å². The molecular weight excluding hydrogens is 282 g/mol. The molecule has 2 fully saturated rings. The Labute approximate surface area is 128 Å². The standard InChI is InChI=1S/C16H21N3OS/c20-21-14-4-3-5-15(21)9-12(8-14)13-10-17-16(18-11-13)19-6-1-2-7-19/h8,10-11,14-15H,1-7,9H2. The Morgan fingerprint density at radius 2 is 1.86 bits per heavy atom. The maximum atomic E-state index is 12.2. The van der Waals surface area contributed by atoms with Crippen LogP contribution in [-0.2, 0) is 10.8 Å². The summed E-state index contributed by atoms with van der Waals surface area (Å²) < 4.78 is 12.2. The Bertz CT molecular complexity index is 578. The number of anilines is 1. The Balaban J connectivity index is 1.57. The summed E-state index contributed by atoms with van der Waals surface area (Å²) in [6.07, 6.45) is 12.9. The van der Waals surface area contributed by atoms with E-state index in [1.165, 1.54) is 24.8 Å².